The Morgan fingerprint density at radius 2 is 1.85 bits per heavy atom. The molecule has 106 valence electrons. The van der Waals surface area contributed by atoms with Crippen LogP contribution in [-0.2, 0) is 0 Å². The maximum absolute atomic E-state index is 10.4. The maximum atomic E-state index is 10.4. The molecule has 2 rings (SSSR count). The molecule has 2 unspecified atom stereocenters. The molecule has 0 fully saturated rings. The van der Waals surface area contributed by atoms with Gasteiger partial charge in [0.2, 0.25) is 0 Å². The molecule has 5 heteroatoms. The van der Waals surface area contributed by atoms with Gasteiger partial charge in [-0.2, -0.15) is 0 Å². The number of rotatable bonds is 3. The van der Waals surface area contributed by atoms with Crippen LogP contribution in [-0.4, -0.2) is 37.2 Å². The molecule has 0 radical (unpaired) electrons. The summed E-state index contributed by atoms with van der Waals surface area (Å²) in [7, 11) is 5.69. The third kappa shape index (κ3) is 2.95. The highest BCUT2D eigenvalue weighted by Gasteiger charge is 2.34. The van der Waals surface area contributed by atoms with E-state index in [9.17, 15) is 5.21 Å². The molecule has 1 aromatic carbocycles. The molecule has 1 aliphatic rings. The van der Waals surface area contributed by atoms with E-state index in [4.69, 9.17) is 0 Å². The van der Waals surface area contributed by atoms with Gasteiger partial charge in [-0.15, -0.1) is 14.9 Å². The Kier molecular flexibility index (Phi) is 4.01. The number of anilines is 1. The average Bonchev–Trinajstić information content (AvgIpc) is 2.41. The Morgan fingerprint density at radius 3 is 2.45 bits per heavy atom. The van der Waals surface area contributed by atoms with Crippen LogP contribution in [0.4, 0.5) is 11.4 Å². The van der Waals surface area contributed by atoms with Gasteiger partial charge in [-0.3, -0.25) is 0 Å². The van der Waals surface area contributed by atoms with Crippen LogP contribution in [0, 0.1) is 0 Å². The van der Waals surface area contributed by atoms with Crippen molar-refractivity contribution in [3.8, 4) is 0 Å². The minimum Gasteiger partial charge on any atom is -0.378 e. The molecule has 0 saturated heterocycles. The van der Waals surface area contributed by atoms with E-state index in [1.54, 1.807) is 7.05 Å². The molecular formula is C15H21N4O+. The van der Waals surface area contributed by atoms with Gasteiger partial charge in [0, 0.05) is 32.8 Å². The fourth-order valence-electron chi connectivity index (χ4n) is 1.90. The minimum atomic E-state index is -0.409. The highest BCUT2D eigenvalue weighted by molar-refractivity contribution is 5.51. The van der Waals surface area contributed by atoms with Crippen LogP contribution in [0.1, 0.15) is 6.92 Å². The van der Waals surface area contributed by atoms with Crippen LogP contribution in [0.5, 0.6) is 0 Å². The summed E-state index contributed by atoms with van der Waals surface area (Å²) in [6.45, 7) is 1.87. The molecule has 5 nitrogen and oxygen atoms in total. The average molecular weight is 273 g/mol. The van der Waals surface area contributed by atoms with Crippen molar-refractivity contribution in [3.05, 3.63) is 48.2 Å². The van der Waals surface area contributed by atoms with E-state index < -0.39 is 6.17 Å². The summed E-state index contributed by atoms with van der Waals surface area (Å²) >= 11 is 0. The normalized spacial score (nSPS) is 25.9. The quantitative estimate of drug-likeness (QED) is 0.677. The SMILES string of the molecule is CC1=CC=CC(N=Nc2ccc(N(C)C)cc2)[N+]1(C)O. The summed E-state index contributed by atoms with van der Waals surface area (Å²) in [5.74, 6) is 0. The van der Waals surface area contributed by atoms with Crippen molar-refractivity contribution in [2.75, 3.05) is 26.0 Å². The van der Waals surface area contributed by atoms with Crippen LogP contribution >= 0.6 is 0 Å². The number of hydrogen-bond acceptors (Lipinski definition) is 4. The van der Waals surface area contributed by atoms with Gasteiger partial charge >= 0.3 is 0 Å². The van der Waals surface area contributed by atoms with E-state index in [1.165, 1.54) is 0 Å². The third-order valence-electron chi connectivity index (χ3n) is 3.51. The number of hydroxylamine groups is 3. The molecule has 0 aliphatic carbocycles. The zero-order valence-corrected chi connectivity index (χ0v) is 12.4. The number of quaternary nitrogens is 1. The number of nitrogens with zero attached hydrogens (tertiary/aromatic N) is 4. The summed E-state index contributed by atoms with van der Waals surface area (Å²) < 4.78 is -0.282. The van der Waals surface area contributed by atoms with E-state index in [1.807, 2.05) is 68.4 Å². The number of benzene rings is 1. The second-order valence-electron chi connectivity index (χ2n) is 5.26. The first kappa shape index (κ1) is 14.4. The van der Waals surface area contributed by atoms with Crippen molar-refractivity contribution in [1.29, 1.82) is 0 Å². The molecule has 1 aromatic rings. The van der Waals surface area contributed by atoms with Crippen LogP contribution in [0.25, 0.3) is 0 Å². The molecule has 0 saturated carbocycles. The van der Waals surface area contributed by atoms with E-state index in [-0.39, 0.29) is 4.65 Å². The van der Waals surface area contributed by atoms with Gasteiger partial charge in [-0.25, -0.2) is 5.21 Å². The van der Waals surface area contributed by atoms with Crippen LogP contribution < -0.4 is 4.90 Å². The largest absolute Gasteiger partial charge is 0.378 e. The van der Waals surface area contributed by atoms with Crippen molar-refractivity contribution in [2.45, 2.75) is 13.1 Å². The minimum absolute atomic E-state index is 0.282. The monoisotopic (exact) mass is 273 g/mol. The summed E-state index contributed by atoms with van der Waals surface area (Å²) in [5, 5.41) is 18.8. The molecule has 0 bridgehead atoms. The van der Waals surface area contributed by atoms with E-state index >= 15 is 0 Å². The summed E-state index contributed by atoms with van der Waals surface area (Å²) in [5.41, 5.74) is 2.72. The lowest BCUT2D eigenvalue weighted by atomic mass is 10.2. The standard InChI is InChI=1S/C15H21N4O/c1-12-6-5-7-15(19(12,4)20)17-16-13-8-10-14(11-9-13)18(2)3/h5-11,15,20H,1-4H3/q+1. The lowest BCUT2D eigenvalue weighted by molar-refractivity contribution is -1.07. The van der Waals surface area contributed by atoms with E-state index in [0.717, 1.165) is 17.1 Å². The molecular weight excluding hydrogens is 252 g/mol. The number of likely N-dealkylation sites (N-methyl/N-ethyl adjacent to an activating group) is 1. The first-order valence-electron chi connectivity index (χ1n) is 6.54. The second kappa shape index (κ2) is 5.56. The fourth-order valence-corrected chi connectivity index (χ4v) is 1.90. The van der Waals surface area contributed by atoms with Crippen molar-refractivity contribution < 1.29 is 9.85 Å². The fraction of sp³-hybridized carbons (Fsp3) is 0.333. The summed E-state index contributed by atoms with van der Waals surface area (Å²) in [6, 6.07) is 7.80. The molecule has 0 aromatic heterocycles. The predicted octanol–water partition coefficient (Wildman–Crippen LogP) is 3.47. The Bertz CT molecular complexity index is 556. The summed E-state index contributed by atoms with van der Waals surface area (Å²) in [6.07, 6.45) is 5.20. The zero-order valence-electron chi connectivity index (χ0n) is 12.4. The Balaban J connectivity index is 2.14. The smallest absolute Gasteiger partial charge is 0.254 e. The molecule has 1 heterocycles. The van der Waals surface area contributed by atoms with Crippen molar-refractivity contribution in [1.82, 2.24) is 0 Å². The topological polar surface area (TPSA) is 48.2 Å². The van der Waals surface area contributed by atoms with E-state index in [0.29, 0.717) is 0 Å². The van der Waals surface area contributed by atoms with Crippen LogP contribution in [0.3, 0.4) is 0 Å². The lowest BCUT2D eigenvalue weighted by Crippen LogP contribution is -2.46. The van der Waals surface area contributed by atoms with Gasteiger partial charge in [0.05, 0.1) is 5.69 Å². The third-order valence-corrected chi connectivity index (χ3v) is 3.51. The lowest BCUT2D eigenvalue weighted by Gasteiger charge is -2.30. The predicted molar refractivity (Wildman–Crippen MR) is 79.9 cm³/mol. The first-order chi connectivity index (χ1) is 9.41. The van der Waals surface area contributed by atoms with Crippen molar-refractivity contribution in [2.24, 2.45) is 10.2 Å². The van der Waals surface area contributed by atoms with Gasteiger partial charge < -0.3 is 4.90 Å². The molecule has 1 aliphatic heterocycles. The van der Waals surface area contributed by atoms with Gasteiger partial charge in [0.15, 0.2) is 0 Å². The number of hydrogen-bond donors (Lipinski definition) is 1. The van der Waals surface area contributed by atoms with Gasteiger partial charge in [0.25, 0.3) is 6.17 Å². The molecule has 20 heavy (non-hydrogen) atoms. The Hall–Kier alpha value is -1.98. The number of allylic oxidation sites excluding steroid dienone is 3. The second-order valence-corrected chi connectivity index (χ2v) is 5.26. The van der Waals surface area contributed by atoms with E-state index in [2.05, 4.69) is 10.2 Å². The molecule has 0 amide bonds. The molecule has 2 atom stereocenters. The Labute approximate surface area is 119 Å². The number of azo groups is 1. The van der Waals surface area contributed by atoms with Gasteiger partial charge in [-0.05, 0) is 30.3 Å². The van der Waals surface area contributed by atoms with Gasteiger partial charge in [0.1, 0.15) is 12.7 Å². The van der Waals surface area contributed by atoms with Crippen molar-refractivity contribution in [3.63, 3.8) is 0 Å². The Morgan fingerprint density at radius 1 is 1.20 bits per heavy atom. The summed E-state index contributed by atoms with van der Waals surface area (Å²) in [4.78, 5) is 2.03. The van der Waals surface area contributed by atoms with Crippen molar-refractivity contribution >= 4 is 11.4 Å². The van der Waals surface area contributed by atoms with Crippen LogP contribution in [0.15, 0.2) is 58.4 Å². The molecule has 0 spiro atoms. The van der Waals surface area contributed by atoms with Crippen LogP contribution in [0.2, 0.25) is 0 Å². The first-order valence-corrected chi connectivity index (χ1v) is 6.54. The van der Waals surface area contributed by atoms with Gasteiger partial charge in [-0.1, -0.05) is 6.08 Å². The highest BCUT2D eigenvalue weighted by Crippen LogP contribution is 2.24. The maximum Gasteiger partial charge on any atom is 0.254 e. The zero-order chi connectivity index (χ0) is 14.8. The highest BCUT2D eigenvalue weighted by atomic mass is 16.5. The molecule has 1 N–H and O–H groups in total.